The molecule has 2 heterocycles. The van der Waals surface area contributed by atoms with Crippen LogP contribution in [-0.2, 0) is 23.3 Å². The van der Waals surface area contributed by atoms with E-state index in [4.69, 9.17) is 34.2 Å². The molecule has 9 N–H and O–H groups in total. The lowest BCUT2D eigenvalue weighted by Gasteiger charge is -2.45. The minimum Gasteiger partial charge on any atom is -0.394 e. The predicted molar refractivity (Wildman–Crippen MR) is 79.5 cm³/mol. The monoisotopic (exact) mass is 422 g/mol. The minimum absolute atomic E-state index is 0.772. The molecule has 0 aromatic carbocycles. The van der Waals surface area contributed by atoms with Gasteiger partial charge in [0.2, 0.25) is 0 Å². The zero-order valence-electron chi connectivity index (χ0n) is 13.7. The van der Waals surface area contributed by atoms with Crippen LogP contribution in [0.5, 0.6) is 0 Å². The maximum atomic E-state index is 11.1. The first kappa shape index (κ1) is 23.0. The fraction of sp³-hybridized carbons (Fsp3) is 1.00. The second kappa shape index (κ2) is 9.02. The molecule has 0 aromatic rings. The number of phosphoric ester groups is 1. The van der Waals surface area contributed by atoms with Crippen molar-refractivity contribution in [2.75, 3.05) is 13.2 Å². The molecule has 0 bridgehead atoms. The van der Waals surface area contributed by atoms with Crippen molar-refractivity contribution in [2.45, 2.75) is 61.4 Å². The minimum atomic E-state index is -5.18. The van der Waals surface area contributed by atoms with Crippen molar-refractivity contribution in [3.8, 4) is 0 Å². The van der Waals surface area contributed by atoms with Crippen molar-refractivity contribution in [1.82, 2.24) is 0 Å². The van der Waals surface area contributed by atoms with Crippen LogP contribution in [0.1, 0.15) is 0 Å². The molecule has 0 aliphatic carbocycles. The zero-order valence-corrected chi connectivity index (χ0v) is 14.6. The van der Waals surface area contributed by atoms with E-state index in [0.717, 1.165) is 0 Å². The van der Waals surface area contributed by atoms with Crippen molar-refractivity contribution >= 4 is 7.82 Å². The van der Waals surface area contributed by atoms with Gasteiger partial charge in [0, 0.05) is 0 Å². The third-order valence-electron chi connectivity index (χ3n) is 4.21. The van der Waals surface area contributed by atoms with Crippen molar-refractivity contribution in [2.24, 2.45) is 0 Å². The van der Waals surface area contributed by atoms with Gasteiger partial charge in [0.1, 0.15) is 48.8 Å². The Balaban J connectivity index is 2.22. The maximum absolute atomic E-state index is 11.1. The van der Waals surface area contributed by atoms with Crippen LogP contribution in [0, 0.1) is 0 Å². The summed E-state index contributed by atoms with van der Waals surface area (Å²) in [4.78, 5) is 17.9. The summed E-state index contributed by atoms with van der Waals surface area (Å²) in [6.07, 6.45) is -17.6. The Morgan fingerprint density at radius 3 is 1.70 bits per heavy atom. The summed E-state index contributed by atoms with van der Waals surface area (Å²) in [5, 5.41) is 67.8. The van der Waals surface area contributed by atoms with Crippen molar-refractivity contribution in [1.29, 1.82) is 0 Å². The van der Waals surface area contributed by atoms with E-state index < -0.39 is 82.4 Å². The van der Waals surface area contributed by atoms with Crippen LogP contribution in [-0.4, -0.2) is 120 Å². The summed E-state index contributed by atoms with van der Waals surface area (Å²) in [5.41, 5.74) is 0. The van der Waals surface area contributed by atoms with Gasteiger partial charge in [-0.3, -0.25) is 4.52 Å². The molecule has 2 aliphatic rings. The second-order valence-corrected chi connectivity index (χ2v) is 7.29. The van der Waals surface area contributed by atoms with Crippen LogP contribution in [0.2, 0.25) is 0 Å². The van der Waals surface area contributed by atoms with Crippen LogP contribution in [0.4, 0.5) is 0 Å². The lowest BCUT2D eigenvalue weighted by molar-refractivity contribution is -0.359. The fourth-order valence-electron chi connectivity index (χ4n) is 2.76. The molecule has 0 saturated carbocycles. The molecule has 15 heteroatoms. The molecule has 10 atom stereocenters. The van der Waals surface area contributed by atoms with E-state index in [-0.39, 0.29) is 0 Å². The highest BCUT2D eigenvalue weighted by atomic mass is 31.2. The van der Waals surface area contributed by atoms with Gasteiger partial charge >= 0.3 is 7.82 Å². The molecule has 2 aliphatic heterocycles. The molecule has 0 aromatic heterocycles. The first-order chi connectivity index (χ1) is 12.5. The quantitative estimate of drug-likeness (QED) is 0.182. The Morgan fingerprint density at radius 2 is 1.22 bits per heavy atom. The van der Waals surface area contributed by atoms with Gasteiger partial charge in [0.25, 0.3) is 0 Å². The van der Waals surface area contributed by atoms with E-state index in [1.54, 1.807) is 0 Å². The number of rotatable bonds is 6. The Bertz CT molecular complexity index is 526. The molecule has 0 amide bonds. The van der Waals surface area contributed by atoms with Crippen LogP contribution in [0.25, 0.3) is 0 Å². The van der Waals surface area contributed by atoms with Gasteiger partial charge in [-0.1, -0.05) is 0 Å². The van der Waals surface area contributed by atoms with E-state index in [9.17, 15) is 30.1 Å². The van der Waals surface area contributed by atoms with Crippen LogP contribution in [0.3, 0.4) is 0 Å². The summed E-state index contributed by atoms with van der Waals surface area (Å²) < 4.78 is 30.7. The van der Waals surface area contributed by atoms with E-state index in [0.29, 0.717) is 0 Å². The summed E-state index contributed by atoms with van der Waals surface area (Å²) in [6, 6.07) is 0. The predicted octanol–water partition coefficient (Wildman–Crippen LogP) is -5.28. The van der Waals surface area contributed by atoms with Gasteiger partial charge in [0.15, 0.2) is 12.6 Å². The molecule has 160 valence electrons. The largest absolute Gasteiger partial charge is 0.472 e. The van der Waals surface area contributed by atoms with E-state index in [2.05, 4.69) is 4.52 Å². The zero-order chi connectivity index (χ0) is 20.5. The second-order valence-electron chi connectivity index (χ2n) is 6.10. The van der Waals surface area contributed by atoms with Gasteiger partial charge < -0.3 is 59.7 Å². The van der Waals surface area contributed by atoms with Crippen molar-refractivity contribution < 1.29 is 68.8 Å². The number of aliphatic hydroxyl groups excluding tert-OH is 7. The Morgan fingerprint density at radius 1 is 0.741 bits per heavy atom. The molecular formula is C12H23O14P. The average Bonchev–Trinajstić information content (AvgIpc) is 2.59. The number of ether oxygens (including phenoxy) is 3. The molecule has 2 fully saturated rings. The number of phosphoric acid groups is 1. The van der Waals surface area contributed by atoms with E-state index >= 15 is 0 Å². The van der Waals surface area contributed by atoms with Gasteiger partial charge in [-0.25, -0.2) is 4.57 Å². The lowest BCUT2D eigenvalue weighted by Crippen LogP contribution is -2.64. The molecule has 27 heavy (non-hydrogen) atoms. The first-order valence-corrected chi connectivity index (χ1v) is 9.35. The molecule has 0 unspecified atom stereocenters. The topological polar surface area (TPSA) is 236 Å². The van der Waals surface area contributed by atoms with E-state index in [1.165, 1.54) is 0 Å². The van der Waals surface area contributed by atoms with Gasteiger partial charge in [0.05, 0.1) is 13.2 Å². The summed E-state index contributed by atoms with van der Waals surface area (Å²) in [7, 11) is -5.18. The van der Waals surface area contributed by atoms with Gasteiger partial charge in [-0.2, -0.15) is 0 Å². The highest BCUT2D eigenvalue weighted by molar-refractivity contribution is 7.46. The fourth-order valence-corrected chi connectivity index (χ4v) is 3.20. The Kier molecular flexibility index (Phi) is 7.68. The normalized spacial score (nSPS) is 46.4. The summed E-state index contributed by atoms with van der Waals surface area (Å²) in [5.74, 6) is 0. The maximum Gasteiger partial charge on any atom is 0.472 e. The molecule has 14 nitrogen and oxygen atoms in total. The van der Waals surface area contributed by atoms with Crippen molar-refractivity contribution in [3.05, 3.63) is 0 Å². The number of hydrogen-bond acceptors (Lipinski definition) is 12. The molecule has 0 radical (unpaired) electrons. The average molecular weight is 422 g/mol. The molecule has 2 rings (SSSR count). The lowest BCUT2D eigenvalue weighted by atomic mass is 9.97. The van der Waals surface area contributed by atoms with E-state index in [1.807, 2.05) is 0 Å². The number of hydrogen-bond donors (Lipinski definition) is 9. The van der Waals surface area contributed by atoms with Crippen LogP contribution in [0.15, 0.2) is 0 Å². The Hall–Kier alpha value is -0.290. The van der Waals surface area contributed by atoms with Crippen molar-refractivity contribution in [3.63, 3.8) is 0 Å². The van der Waals surface area contributed by atoms with Gasteiger partial charge in [-0.15, -0.1) is 0 Å². The molecule has 0 spiro atoms. The molecule has 2 saturated heterocycles. The third kappa shape index (κ3) is 5.20. The van der Waals surface area contributed by atoms with Crippen LogP contribution >= 0.6 is 7.82 Å². The van der Waals surface area contributed by atoms with Crippen LogP contribution < -0.4 is 0 Å². The summed E-state index contributed by atoms with van der Waals surface area (Å²) >= 11 is 0. The Labute approximate surface area is 152 Å². The standard InChI is InChI=1S/C12H23O14P/c13-1-3-5(15)7(17)9(19)11(23-3)25-10-8(18)6(16)4(2-14)24-12(10)26-27(20,21)22/h3-19H,1-2H2,(H2,20,21,22)/t3-,4-,5-,6-,7+,8+,9+,10+,11+,12-/m1/s1. The highest BCUT2D eigenvalue weighted by Gasteiger charge is 2.52. The summed E-state index contributed by atoms with van der Waals surface area (Å²) in [6.45, 7) is -1.60. The SMILES string of the molecule is O=P(O)(O)O[C@H]1O[C@H](CO)[C@@H](O)[C@H](O)[C@@H]1O[C@@H]1O[C@H](CO)[C@@H](O)[C@H](O)[C@@H]1O. The molecular weight excluding hydrogens is 399 g/mol. The first-order valence-electron chi connectivity index (χ1n) is 7.82. The van der Waals surface area contributed by atoms with Gasteiger partial charge in [-0.05, 0) is 0 Å². The third-order valence-corrected chi connectivity index (χ3v) is 4.69. The highest BCUT2D eigenvalue weighted by Crippen LogP contribution is 2.41. The number of aliphatic hydroxyl groups is 7. The smallest absolute Gasteiger partial charge is 0.394 e.